The molecular weight excluding hydrogens is 298 g/mol. The van der Waals surface area contributed by atoms with E-state index in [1.54, 1.807) is 0 Å². The summed E-state index contributed by atoms with van der Waals surface area (Å²) in [6.07, 6.45) is 11.8. The summed E-state index contributed by atoms with van der Waals surface area (Å²) in [4.78, 5) is 4.46. The smallest absolute Gasteiger partial charge is 0.383 e. The van der Waals surface area contributed by atoms with Gasteiger partial charge in [-0.15, -0.1) is 0 Å². The molecule has 3 nitrogen and oxygen atoms in total. The summed E-state index contributed by atoms with van der Waals surface area (Å²) >= 11 is 0. The number of benzene rings is 1. The highest BCUT2D eigenvalue weighted by molar-refractivity contribution is 5.66. The summed E-state index contributed by atoms with van der Waals surface area (Å²) in [5.74, 6) is 0. The molecule has 0 aliphatic rings. The van der Waals surface area contributed by atoms with Crippen LogP contribution in [0.15, 0.2) is 35.3 Å². The van der Waals surface area contributed by atoms with E-state index in [0.717, 1.165) is 19.4 Å². The molecule has 0 saturated carbocycles. The van der Waals surface area contributed by atoms with Crippen molar-refractivity contribution < 1.29 is 9.47 Å². The molecule has 24 heavy (non-hydrogen) atoms. The Kier molecular flexibility index (Phi) is 12.9. The number of hydrogen-bond acceptors (Lipinski definition) is 3. The molecule has 0 N–H and O–H groups in total. The van der Waals surface area contributed by atoms with Gasteiger partial charge in [0.25, 0.3) is 0 Å². The Morgan fingerprint density at radius 2 is 1.50 bits per heavy atom. The zero-order valence-corrected chi connectivity index (χ0v) is 15.6. The van der Waals surface area contributed by atoms with E-state index in [9.17, 15) is 0 Å². The van der Waals surface area contributed by atoms with Crippen LogP contribution in [-0.2, 0) is 15.9 Å². The first-order valence-corrected chi connectivity index (χ1v) is 9.70. The van der Waals surface area contributed by atoms with Crippen molar-refractivity contribution in [2.45, 2.75) is 71.6 Å². The van der Waals surface area contributed by atoms with Gasteiger partial charge in [0, 0.05) is 13.0 Å². The zero-order chi connectivity index (χ0) is 17.3. The largest absolute Gasteiger partial charge is 0.451 e. The Bertz CT molecular complexity index is 417. The molecule has 0 radical (unpaired) electrons. The van der Waals surface area contributed by atoms with Crippen molar-refractivity contribution in [3.63, 3.8) is 0 Å². The predicted octanol–water partition coefficient (Wildman–Crippen LogP) is 5.78. The first-order valence-electron chi connectivity index (χ1n) is 9.70. The molecule has 1 rings (SSSR count). The first kappa shape index (κ1) is 20.5. The van der Waals surface area contributed by atoms with Gasteiger partial charge in [-0.2, -0.15) is 0 Å². The second kappa shape index (κ2) is 15.0. The van der Waals surface area contributed by atoms with Crippen molar-refractivity contribution in [1.82, 2.24) is 0 Å². The Balaban J connectivity index is 2.11. The molecule has 0 amide bonds. The van der Waals surface area contributed by atoms with Crippen LogP contribution < -0.4 is 0 Å². The lowest BCUT2D eigenvalue weighted by Crippen LogP contribution is -2.13. The van der Waals surface area contributed by atoms with Crippen LogP contribution in [0.4, 0.5) is 0 Å². The maximum Gasteiger partial charge on any atom is 0.383 e. The van der Waals surface area contributed by atoms with Crippen LogP contribution >= 0.6 is 0 Å². The van der Waals surface area contributed by atoms with Crippen LogP contribution in [0.25, 0.3) is 0 Å². The molecule has 1 aromatic carbocycles. The third-order valence-corrected chi connectivity index (χ3v) is 3.98. The lowest BCUT2D eigenvalue weighted by Gasteiger charge is -2.09. The quantitative estimate of drug-likeness (QED) is 0.260. The Morgan fingerprint density at radius 3 is 2.17 bits per heavy atom. The van der Waals surface area contributed by atoms with Gasteiger partial charge in [0.1, 0.15) is 0 Å². The summed E-state index contributed by atoms with van der Waals surface area (Å²) in [6.45, 7) is 6.24. The van der Waals surface area contributed by atoms with Gasteiger partial charge in [-0.1, -0.05) is 82.2 Å². The molecule has 0 bridgehead atoms. The number of ether oxygens (including phenoxy) is 2. The molecule has 0 aliphatic carbocycles. The van der Waals surface area contributed by atoms with Crippen molar-refractivity contribution in [1.29, 1.82) is 0 Å². The minimum Gasteiger partial charge on any atom is -0.451 e. The molecule has 0 spiro atoms. The Hall–Kier alpha value is -1.51. The average Bonchev–Trinajstić information content (AvgIpc) is 2.61. The summed E-state index contributed by atoms with van der Waals surface area (Å²) in [6, 6.07) is 10.4. The van der Waals surface area contributed by atoms with Crippen molar-refractivity contribution in [2.24, 2.45) is 4.99 Å². The van der Waals surface area contributed by atoms with Gasteiger partial charge in [-0.3, -0.25) is 0 Å². The predicted molar refractivity (Wildman–Crippen MR) is 103 cm³/mol. The van der Waals surface area contributed by atoms with Gasteiger partial charge in [-0.25, -0.2) is 4.99 Å². The molecule has 1 aromatic rings. The first-order chi connectivity index (χ1) is 11.9. The average molecular weight is 334 g/mol. The summed E-state index contributed by atoms with van der Waals surface area (Å²) in [5, 5.41) is 0. The Morgan fingerprint density at radius 1 is 0.833 bits per heavy atom. The number of hydrogen-bond donors (Lipinski definition) is 0. The second-order valence-electron chi connectivity index (χ2n) is 6.14. The van der Waals surface area contributed by atoms with Crippen LogP contribution in [0, 0.1) is 0 Å². The van der Waals surface area contributed by atoms with E-state index >= 15 is 0 Å². The summed E-state index contributed by atoms with van der Waals surface area (Å²) in [5.41, 5.74) is 1.27. The van der Waals surface area contributed by atoms with Crippen LogP contribution in [-0.4, -0.2) is 25.8 Å². The lowest BCUT2D eigenvalue weighted by molar-refractivity contribution is 0.173. The topological polar surface area (TPSA) is 30.8 Å². The van der Waals surface area contributed by atoms with Crippen molar-refractivity contribution >= 4 is 6.08 Å². The van der Waals surface area contributed by atoms with E-state index in [4.69, 9.17) is 9.47 Å². The van der Waals surface area contributed by atoms with E-state index in [1.807, 2.05) is 13.0 Å². The summed E-state index contributed by atoms with van der Waals surface area (Å²) < 4.78 is 11.2. The van der Waals surface area contributed by atoms with Gasteiger partial charge < -0.3 is 9.47 Å². The fourth-order valence-electron chi connectivity index (χ4n) is 2.57. The molecule has 3 heteroatoms. The minimum absolute atomic E-state index is 0.455. The van der Waals surface area contributed by atoms with Gasteiger partial charge in [0.2, 0.25) is 0 Å². The van der Waals surface area contributed by atoms with Crippen molar-refractivity contribution in [3.8, 4) is 0 Å². The van der Waals surface area contributed by atoms with Gasteiger partial charge >= 0.3 is 6.08 Å². The maximum atomic E-state index is 5.69. The highest BCUT2D eigenvalue weighted by Gasteiger charge is 2.01. The van der Waals surface area contributed by atoms with Crippen molar-refractivity contribution in [3.05, 3.63) is 35.9 Å². The van der Waals surface area contributed by atoms with Crippen LogP contribution in [0.2, 0.25) is 0 Å². The molecule has 0 saturated heterocycles. The molecule has 0 aromatic heterocycles. The molecule has 0 atom stereocenters. The normalized spacial score (nSPS) is 11.5. The third-order valence-electron chi connectivity index (χ3n) is 3.98. The SMILES string of the molecule is CCCCCCCCCCN=C(OCC)OCCc1ccccc1. The van der Waals surface area contributed by atoms with E-state index < -0.39 is 0 Å². The van der Waals surface area contributed by atoms with E-state index in [1.165, 1.54) is 50.5 Å². The molecule has 0 aliphatic heterocycles. The maximum absolute atomic E-state index is 5.69. The molecular formula is C21H35NO2. The zero-order valence-electron chi connectivity index (χ0n) is 15.6. The van der Waals surface area contributed by atoms with Gasteiger partial charge in [0.15, 0.2) is 0 Å². The highest BCUT2D eigenvalue weighted by Crippen LogP contribution is 2.08. The monoisotopic (exact) mass is 333 g/mol. The van der Waals surface area contributed by atoms with Crippen molar-refractivity contribution in [2.75, 3.05) is 19.8 Å². The van der Waals surface area contributed by atoms with Gasteiger partial charge in [-0.05, 0) is 18.9 Å². The fraction of sp³-hybridized carbons (Fsp3) is 0.667. The van der Waals surface area contributed by atoms with E-state index in [-0.39, 0.29) is 0 Å². The highest BCUT2D eigenvalue weighted by atomic mass is 16.7. The van der Waals surface area contributed by atoms with Crippen LogP contribution in [0.5, 0.6) is 0 Å². The lowest BCUT2D eigenvalue weighted by atomic mass is 10.1. The molecule has 136 valence electrons. The number of rotatable bonds is 13. The molecule has 0 heterocycles. The summed E-state index contributed by atoms with van der Waals surface area (Å²) in [7, 11) is 0. The fourth-order valence-corrected chi connectivity index (χ4v) is 2.57. The van der Waals surface area contributed by atoms with E-state index in [0.29, 0.717) is 19.3 Å². The number of aliphatic imine (C=N–C) groups is 1. The number of nitrogens with zero attached hydrogens (tertiary/aromatic N) is 1. The number of unbranched alkanes of at least 4 members (excludes halogenated alkanes) is 7. The van der Waals surface area contributed by atoms with Gasteiger partial charge in [0.05, 0.1) is 13.2 Å². The van der Waals surface area contributed by atoms with Crippen LogP contribution in [0.3, 0.4) is 0 Å². The minimum atomic E-state index is 0.455. The second-order valence-corrected chi connectivity index (χ2v) is 6.14. The molecule has 0 fully saturated rings. The van der Waals surface area contributed by atoms with Crippen LogP contribution in [0.1, 0.15) is 70.8 Å². The Labute approximate surface area is 148 Å². The van der Waals surface area contributed by atoms with E-state index in [2.05, 4.69) is 36.2 Å². The third kappa shape index (κ3) is 11.1. The molecule has 0 unspecified atom stereocenters. The standard InChI is InChI=1S/C21H35NO2/c1-3-5-6-7-8-9-10-14-18-22-21(23-4-2)24-19-17-20-15-12-11-13-16-20/h11-13,15-16H,3-10,14,17-19H2,1-2H3.